The molecule has 1 amide bonds. The molecule has 2 fully saturated rings. The van der Waals surface area contributed by atoms with Gasteiger partial charge in [0.25, 0.3) is 5.91 Å². The van der Waals surface area contributed by atoms with Gasteiger partial charge >= 0.3 is 0 Å². The Morgan fingerprint density at radius 2 is 1.78 bits per heavy atom. The molecule has 1 saturated carbocycles. The Balaban J connectivity index is 1.74. The van der Waals surface area contributed by atoms with Crippen LogP contribution in [-0.4, -0.2) is 74.7 Å². The highest BCUT2D eigenvalue weighted by molar-refractivity contribution is 7.89. The molecular formula is C23H36FN3O4S. The van der Waals surface area contributed by atoms with Crippen molar-refractivity contribution in [3.05, 3.63) is 29.6 Å². The standard InChI is InChI=1S/C23H36FN3O4S/c1-3-17-32(29,30)27-15-13-26(14-16-27)23(11-6-4-5-7-12-23)18-25-22(28)21-19(24)9-8-10-20(21)31-2/h8-10H,3-7,11-18H2,1-2H3,(H,25,28). The number of amides is 1. The van der Waals surface area contributed by atoms with Crippen molar-refractivity contribution < 1.29 is 22.3 Å². The summed E-state index contributed by atoms with van der Waals surface area (Å²) >= 11 is 0. The highest BCUT2D eigenvalue weighted by atomic mass is 32.2. The van der Waals surface area contributed by atoms with Crippen LogP contribution < -0.4 is 10.1 Å². The molecule has 1 saturated heterocycles. The summed E-state index contributed by atoms with van der Waals surface area (Å²) in [5, 5.41) is 2.98. The van der Waals surface area contributed by atoms with Gasteiger partial charge in [-0.15, -0.1) is 0 Å². The highest BCUT2D eigenvalue weighted by Gasteiger charge is 2.40. The lowest BCUT2D eigenvalue weighted by Gasteiger charge is -2.47. The third-order valence-electron chi connectivity index (χ3n) is 6.80. The number of hydrogen-bond donors (Lipinski definition) is 1. The van der Waals surface area contributed by atoms with E-state index in [4.69, 9.17) is 4.74 Å². The molecule has 0 spiro atoms. The van der Waals surface area contributed by atoms with Crippen LogP contribution in [-0.2, 0) is 10.0 Å². The van der Waals surface area contributed by atoms with Crippen LogP contribution in [0.4, 0.5) is 4.39 Å². The van der Waals surface area contributed by atoms with Crippen molar-refractivity contribution in [1.82, 2.24) is 14.5 Å². The minimum Gasteiger partial charge on any atom is -0.496 e. The molecule has 0 aromatic heterocycles. The van der Waals surface area contributed by atoms with Crippen molar-refractivity contribution in [2.24, 2.45) is 0 Å². The first-order chi connectivity index (χ1) is 15.3. The SMILES string of the molecule is CCCS(=O)(=O)N1CCN(C2(CNC(=O)c3c(F)cccc3OC)CCCCCC2)CC1. The summed E-state index contributed by atoms with van der Waals surface area (Å²) < 4.78 is 46.1. The lowest BCUT2D eigenvalue weighted by atomic mass is 9.87. The number of halogens is 1. The van der Waals surface area contributed by atoms with E-state index < -0.39 is 21.7 Å². The molecule has 3 rings (SSSR count). The molecule has 1 heterocycles. The summed E-state index contributed by atoms with van der Waals surface area (Å²) in [4.78, 5) is 15.3. The van der Waals surface area contributed by atoms with Gasteiger partial charge in [-0.05, 0) is 31.4 Å². The van der Waals surface area contributed by atoms with E-state index in [-0.39, 0.29) is 22.6 Å². The van der Waals surface area contributed by atoms with Crippen LogP contribution in [0.25, 0.3) is 0 Å². The minimum atomic E-state index is -3.21. The van der Waals surface area contributed by atoms with E-state index in [9.17, 15) is 17.6 Å². The van der Waals surface area contributed by atoms with Crippen LogP contribution in [0.3, 0.4) is 0 Å². The Morgan fingerprint density at radius 3 is 2.38 bits per heavy atom. The van der Waals surface area contributed by atoms with E-state index in [1.165, 1.54) is 19.2 Å². The van der Waals surface area contributed by atoms with E-state index in [0.29, 0.717) is 39.1 Å². The molecule has 0 radical (unpaired) electrons. The Bertz CT molecular complexity index is 877. The van der Waals surface area contributed by atoms with Gasteiger partial charge in [0.15, 0.2) is 0 Å². The number of carbonyl (C=O) groups is 1. The molecule has 7 nitrogen and oxygen atoms in total. The molecule has 180 valence electrons. The summed E-state index contributed by atoms with van der Waals surface area (Å²) in [6, 6.07) is 4.36. The summed E-state index contributed by atoms with van der Waals surface area (Å²) in [6.45, 7) is 4.51. The third-order valence-corrected chi connectivity index (χ3v) is 8.88. The number of sulfonamides is 1. The molecule has 1 N–H and O–H groups in total. The topological polar surface area (TPSA) is 79.0 Å². The van der Waals surface area contributed by atoms with E-state index >= 15 is 0 Å². The lowest BCUT2D eigenvalue weighted by molar-refractivity contribution is 0.0390. The number of methoxy groups -OCH3 is 1. The molecule has 32 heavy (non-hydrogen) atoms. The average Bonchev–Trinajstić information content (AvgIpc) is 3.04. The van der Waals surface area contributed by atoms with Gasteiger partial charge in [0.2, 0.25) is 10.0 Å². The van der Waals surface area contributed by atoms with Gasteiger partial charge < -0.3 is 10.1 Å². The first-order valence-corrected chi connectivity index (χ1v) is 13.3. The number of nitrogens with one attached hydrogen (secondary N) is 1. The van der Waals surface area contributed by atoms with Crippen LogP contribution in [0.2, 0.25) is 0 Å². The first-order valence-electron chi connectivity index (χ1n) is 11.7. The summed E-state index contributed by atoms with van der Waals surface area (Å²) in [7, 11) is -1.79. The molecule has 1 aliphatic heterocycles. The van der Waals surface area contributed by atoms with Crippen molar-refractivity contribution in [2.75, 3.05) is 45.6 Å². The Morgan fingerprint density at radius 1 is 1.12 bits per heavy atom. The quantitative estimate of drug-likeness (QED) is 0.592. The van der Waals surface area contributed by atoms with Gasteiger partial charge in [0.05, 0.1) is 12.9 Å². The summed E-state index contributed by atoms with van der Waals surface area (Å²) in [5.74, 6) is -0.690. The number of piperazine rings is 1. The van der Waals surface area contributed by atoms with Gasteiger partial charge in [-0.2, -0.15) is 4.31 Å². The summed E-state index contributed by atoms with van der Waals surface area (Å²) in [6.07, 6.45) is 6.91. The third kappa shape index (κ3) is 5.61. The fraction of sp³-hybridized carbons (Fsp3) is 0.696. The normalized spacial score (nSPS) is 20.5. The van der Waals surface area contributed by atoms with Gasteiger partial charge in [-0.3, -0.25) is 9.69 Å². The number of carbonyl (C=O) groups excluding carboxylic acids is 1. The minimum absolute atomic E-state index is 0.0748. The van der Waals surface area contributed by atoms with Gasteiger partial charge in [0.1, 0.15) is 17.1 Å². The van der Waals surface area contributed by atoms with Gasteiger partial charge in [-0.25, -0.2) is 12.8 Å². The molecule has 2 aliphatic rings. The Hall–Kier alpha value is -1.71. The van der Waals surface area contributed by atoms with Crippen LogP contribution in [0.15, 0.2) is 18.2 Å². The van der Waals surface area contributed by atoms with Crippen molar-refractivity contribution in [3.8, 4) is 5.75 Å². The molecule has 1 aromatic rings. The lowest BCUT2D eigenvalue weighted by Crippen LogP contribution is -2.61. The second kappa shape index (κ2) is 10.9. The molecule has 1 aliphatic carbocycles. The van der Waals surface area contributed by atoms with E-state index in [1.54, 1.807) is 10.4 Å². The maximum Gasteiger partial charge on any atom is 0.258 e. The van der Waals surface area contributed by atoms with Crippen LogP contribution in [0, 0.1) is 5.82 Å². The molecule has 1 aromatic carbocycles. The monoisotopic (exact) mass is 469 g/mol. The van der Waals surface area contributed by atoms with E-state index in [1.807, 2.05) is 6.92 Å². The molecule has 0 atom stereocenters. The number of ether oxygens (including phenoxy) is 1. The zero-order valence-electron chi connectivity index (χ0n) is 19.2. The smallest absolute Gasteiger partial charge is 0.258 e. The average molecular weight is 470 g/mol. The van der Waals surface area contributed by atoms with Crippen LogP contribution in [0.1, 0.15) is 62.2 Å². The maximum absolute atomic E-state index is 14.4. The predicted octanol–water partition coefficient (Wildman–Crippen LogP) is 3.01. The molecule has 0 bridgehead atoms. The van der Waals surface area contributed by atoms with Gasteiger partial charge in [0, 0.05) is 38.3 Å². The van der Waals surface area contributed by atoms with Crippen molar-refractivity contribution in [2.45, 2.75) is 57.4 Å². The molecule has 0 unspecified atom stereocenters. The van der Waals surface area contributed by atoms with Crippen molar-refractivity contribution >= 4 is 15.9 Å². The summed E-state index contributed by atoms with van der Waals surface area (Å²) in [5.41, 5.74) is -0.320. The Kier molecular flexibility index (Phi) is 8.52. The Labute approximate surface area is 191 Å². The molecule has 9 heteroatoms. The number of hydrogen-bond acceptors (Lipinski definition) is 5. The van der Waals surface area contributed by atoms with Gasteiger partial charge in [-0.1, -0.05) is 38.7 Å². The second-order valence-electron chi connectivity index (χ2n) is 8.84. The second-order valence-corrected chi connectivity index (χ2v) is 10.9. The number of rotatable bonds is 8. The predicted molar refractivity (Wildman–Crippen MR) is 123 cm³/mol. The zero-order chi connectivity index (χ0) is 23.2. The fourth-order valence-electron chi connectivity index (χ4n) is 5.05. The van der Waals surface area contributed by atoms with Crippen molar-refractivity contribution in [1.29, 1.82) is 0 Å². The first kappa shape index (κ1) is 24.9. The van der Waals surface area contributed by atoms with E-state index in [0.717, 1.165) is 38.5 Å². The van der Waals surface area contributed by atoms with E-state index in [2.05, 4.69) is 10.2 Å². The fourth-order valence-corrected chi connectivity index (χ4v) is 6.54. The largest absolute Gasteiger partial charge is 0.496 e. The number of nitrogens with zero attached hydrogens (tertiary/aromatic N) is 2. The van der Waals surface area contributed by atoms with Crippen LogP contribution in [0.5, 0.6) is 5.75 Å². The maximum atomic E-state index is 14.4. The van der Waals surface area contributed by atoms with Crippen molar-refractivity contribution in [3.63, 3.8) is 0 Å². The number of benzene rings is 1. The zero-order valence-corrected chi connectivity index (χ0v) is 20.1. The van der Waals surface area contributed by atoms with Crippen LogP contribution >= 0.6 is 0 Å². The highest BCUT2D eigenvalue weighted by Crippen LogP contribution is 2.34. The molecular weight excluding hydrogens is 433 g/mol.